The highest BCUT2D eigenvalue weighted by atomic mass is 127. The van der Waals surface area contributed by atoms with Crippen LogP contribution in [0, 0.1) is 5.41 Å². The number of thioether (sulfide) groups is 1. The van der Waals surface area contributed by atoms with Crippen LogP contribution in [0.3, 0.4) is 0 Å². The second kappa shape index (κ2) is 4.89. The second-order valence-corrected chi connectivity index (χ2v) is 4.17. The minimum Gasteiger partial charge on any atom is -0.378 e. The fraction of sp³-hybridized carbons (Fsp3) is 0.100. The van der Waals surface area contributed by atoms with E-state index in [1.54, 1.807) is 0 Å². The Bertz CT molecular complexity index is 492. The molecule has 0 spiro atoms. The predicted octanol–water partition coefficient (Wildman–Crippen LogP) is 2.78. The Balaban J connectivity index is 0.00000112. The number of amidine groups is 1. The maximum Gasteiger partial charge on any atom is 0.156 e. The third-order valence-electron chi connectivity index (χ3n) is 2.08. The Morgan fingerprint density at radius 2 is 2.07 bits per heavy atom. The third kappa shape index (κ3) is 2.46. The molecule has 5 heteroatoms. The highest BCUT2D eigenvalue weighted by Crippen LogP contribution is 2.28. The van der Waals surface area contributed by atoms with E-state index in [0.717, 1.165) is 15.8 Å². The molecule has 0 aliphatic rings. The monoisotopic (exact) mass is 333 g/mol. The van der Waals surface area contributed by atoms with E-state index < -0.39 is 0 Å². The molecule has 0 unspecified atom stereocenters. The lowest BCUT2D eigenvalue weighted by Crippen LogP contribution is -2.02. The van der Waals surface area contributed by atoms with Crippen molar-refractivity contribution in [2.24, 2.45) is 12.8 Å². The summed E-state index contributed by atoms with van der Waals surface area (Å²) in [5.41, 5.74) is 6.52. The van der Waals surface area contributed by atoms with Crippen LogP contribution in [-0.4, -0.2) is 9.73 Å². The fourth-order valence-electron chi connectivity index (χ4n) is 1.50. The summed E-state index contributed by atoms with van der Waals surface area (Å²) in [4.78, 5) is 1.04. The van der Waals surface area contributed by atoms with Crippen LogP contribution in [-0.2, 0) is 7.05 Å². The van der Waals surface area contributed by atoms with Crippen LogP contribution >= 0.6 is 35.7 Å². The zero-order chi connectivity index (χ0) is 10.1. The van der Waals surface area contributed by atoms with Gasteiger partial charge in [0.2, 0.25) is 0 Å². The summed E-state index contributed by atoms with van der Waals surface area (Å²) in [6.45, 7) is 0. The van der Waals surface area contributed by atoms with Crippen LogP contribution in [0.15, 0.2) is 35.4 Å². The van der Waals surface area contributed by atoms with Crippen molar-refractivity contribution in [3.63, 3.8) is 0 Å². The number of aromatic nitrogens is 1. The van der Waals surface area contributed by atoms with Crippen LogP contribution < -0.4 is 5.73 Å². The van der Waals surface area contributed by atoms with Gasteiger partial charge in [0, 0.05) is 29.0 Å². The van der Waals surface area contributed by atoms with Crippen molar-refractivity contribution in [2.45, 2.75) is 4.90 Å². The van der Waals surface area contributed by atoms with Crippen LogP contribution in [0.2, 0.25) is 0 Å². The lowest BCUT2D eigenvalue weighted by atomic mass is 10.2. The van der Waals surface area contributed by atoms with Gasteiger partial charge in [0.05, 0.1) is 0 Å². The molecule has 2 rings (SSSR count). The van der Waals surface area contributed by atoms with E-state index >= 15 is 0 Å². The molecule has 1 aromatic carbocycles. The van der Waals surface area contributed by atoms with E-state index in [2.05, 4.69) is 6.07 Å². The van der Waals surface area contributed by atoms with Crippen molar-refractivity contribution in [1.29, 1.82) is 5.41 Å². The van der Waals surface area contributed by atoms with Crippen molar-refractivity contribution in [2.75, 3.05) is 0 Å². The van der Waals surface area contributed by atoms with Gasteiger partial charge in [-0.1, -0.05) is 30.0 Å². The van der Waals surface area contributed by atoms with Gasteiger partial charge in [-0.15, -0.1) is 24.0 Å². The van der Waals surface area contributed by atoms with Gasteiger partial charge >= 0.3 is 0 Å². The summed E-state index contributed by atoms with van der Waals surface area (Å²) in [5.74, 6) is 0. The molecule has 0 saturated carbocycles. The second-order valence-electron chi connectivity index (χ2n) is 3.09. The van der Waals surface area contributed by atoms with Gasteiger partial charge < -0.3 is 10.3 Å². The highest BCUT2D eigenvalue weighted by molar-refractivity contribution is 14.0. The summed E-state index contributed by atoms with van der Waals surface area (Å²) in [7, 11) is 1.99. The van der Waals surface area contributed by atoms with Crippen LogP contribution in [0.25, 0.3) is 10.9 Å². The van der Waals surface area contributed by atoms with E-state index in [1.165, 1.54) is 11.8 Å². The number of rotatable bonds is 1. The van der Waals surface area contributed by atoms with Crippen molar-refractivity contribution in [1.82, 2.24) is 4.57 Å². The van der Waals surface area contributed by atoms with Crippen LogP contribution in [0.5, 0.6) is 0 Å². The molecule has 0 aliphatic carbocycles. The first kappa shape index (κ1) is 12.4. The number of para-hydroxylation sites is 1. The number of halogens is 1. The lowest BCUT2D eigenvalue weighted by Gasteiger charge is -1.95. The number of nitrogens with one attached hydrogen (secondary N) is 1. The largest absolute Gasteiger partial charge is 0.378 e. The van der Waals surface area contributed by atoms with E-state index in [9.17, 15) is 0 Å². The summed E-state index contributed by atoms with van der Waals surface area (Å²) in [6.07, 6.45) is 2.00. The maximum absolute atomic E-state index is 7.25. The van der Waals surface area contributed by atoms with Gasteiger partial charge in [-0.25, -0.2) is 0 Å². The number of fused-ring (bicyclic) bond motifs is 1. The van der Waals surface area contributed by atoms with Crippen LogP contribution in [0.1, 0.15) is 0 Å². The first-order valence-corrected chi connectivity index (χ1v) is 5.06. The van der Waals surface area contributed by atoms with Crippen molar-refractivity contribution in [3.8, 4) is 0 Å². The topological polar surface area (TPSA) is 54.8 Å². The average Bonchev–Trinajstić information content (AvgIpc) is 2.44. The molecule has 80 valence electrons. The van der Waals surface area contributed by atoms with Crippen molar-refractivity contribution in [3.05, 3.63) is 30.5 Å². The Labute approximate surface area is 110 Å². The molecule has 3 nitrogen and oxygen atoms in total. The molecular weight excluding hydrogens is 321 g/mol. The van der Waals surface area contributed by atoms with Gasteiger partial charge in [-0.2, -0.15) is 0 Å². The SMILES string of the molecule is Cn1cc(SC(=N)N)c2ccccc21.I. The molecular formula is C10H12IN3S. The molecule has 1 aromatic heterocycles. The molecule has 3 N–H and O–H groups in total. The molecule has 2 aromatic rings. The summed E-state index contributed by atoms with van der Waals surface area (Å²) in [6, 6.07) is 8.09. The minimum atomic E-state index is 0. The lowest BCUT2D eigenvalue weighted by molar-refractivity contribution is 0.958. The molecule has 0 amide bonds. The van der Waals surface area contributed by atoms with Crippen molar-refractivity contribution >= 4 is 51.8 Å². The van der Waals surface area contributed by atoms with Gasteiger partial charge in [0.15, 0.2) is 5.17 Å². The average molecular weight is 333 g/mol. The fourth-order valence-corrected chi connectivity index (χ4v) is 2.23. The van der Waals surface area contributed by atoms with Gasteiger partial charge in [-0.05, 0) is 6.07 Å². The zero-order valence-electron chi connectivity index (χ0n) is 8.23. The number of hydrogen-bond acceptors (Lipinski definition) is 2. The quantitative estimate of drug-likeness (QED) is 0.365. The highest BCUT2D eigenvalue weighted by Gasteiger charge is 2.06. The maximum atomic E-state index is 7.25. The molecule has 0 aliphatic heterocycles. The Hall–Kier alpha value is -0.690. The van der Waals surface area contributed by atoms with E-state index in [-0.39, 0.29) is 29.1 Å². The summed E-state index contributed by atoms with van der Waals surface area (Å²) < 4.78 is 2.04. The third-order valence-corrected chi connectivity index (χ3v) is 2.85. The Morgan fingerprint density at radius 1 is 1.40 bits per heavy atom. The summed E-state index contributed by atoms with van der Waals surface area (Å²) >= 11 is 1.29. The number of hydrogen-bond donors (Lipinski definition) is 2. The number of nitrogens with two attached hydrogens (primary N) is 1. The number of nitrogens with zero attached hydrogens (tertiary/aromatic N) is 1. The zero-order valence-corrected chi connectivity index (χ0v) is 11.4. The van der Waals surface area contributed by atoms with Gasteiger partial charge in [0.25, 0.3) is 0 Å². The predicted molar refractivity (Wildman–Crippen MR) is 76.1 cm³/mol. The molecule has 0 bridgehead atoms. The standard InChI is InChI=1S/C10H11N3S.HI/c1-13-6-9(14-10(11)12)7-4-2-3-5-8(7)13;/h2-6H,1H3,(H3,11,12);1H. The van der Waals surface area contributed by atoms with Crippen LogP contribution in [0.4, 0.5) is 0 Å². The van der Waals surface area contributed by atoms with Crippen molar-refractivity contribution < 1.29 is 0 Å². The Morgan fingerprint density at radius 3 is 2.73 bits per heavy atom. The van der Waals surface area contributed by atoms with E-state index in [1.807, 2.05) is 36.0 Å². The molecule has 1 heterocycles. The molecule has 15 heavy (non-hydrogen) atoms. The van der Waals surface area contributed by atoms with Gasteiger partial charge in [-0.3, -0.25) is 5.41 Å². The molecule has 0 atom stereocenters. The smallest absolute Gasteiger partial charge is 0.156 e. The molecule has 0 fully saturated rings. The number of aryl methyl sites for hydroxylation is 1. The summed E-state index contributed by atoms with van der Waals surface area (Å²) in [5, 5.41) is 8.52. The van der Waals surface area contributed by atoms with E-state index in [0.29, 0.717) is 0 Å². The Kier molecular flexibility index (Phi) is 4.04. The first-order valence-electron chi connectivity index (χ1n) is 4.24. The normalized spacial score (nSPS) is 9.93. The van der Waals surface area contributed by atoms with E-state index in [4.69, 9.17) is 11.1 Å². The minimum absolute atomic E-state index is 0. The molecule has 0 saturated heterocycles. The first-order chi connectivity index (χ1) is 6.68. The molecule has 0 radical (unpaired) electrons. The van der Waals surface area contributed by atoms with Gasteiger partial charge in [0.1, 0.15) is 0 Å². The number of benzene rings is 1.